The van der Waals surface area contributed by atoms with E-state index in [9.17, 15) is 4.79 Å². The van der Waals surface area contributed by atoms with Crippen LogP contribution in [-0.4, -0.2) is 12.5 Å². The Morgan fingerprint density at radius 1 is 1.38 bits per heavy atom. The normalized spacial score (nSPS) is 19.9. The Balaban J connectivity index is 2.29. The SMILES string of the molecule is C#CC1CC(=O)N(c2ccc(Br)c(Br)c2)C1. The van der Waals surface area contributed by atoms with Crippen LogP contribution in [0.3, 0.4) is 0 Å². The number of carbonyl (C=O) groups is 1. The second kappa shape index (κ2) is 4.60. The summed E-state index contributed by atoms with van der Waals surface area (Å²) >= 11 is 6.82. The van der Waals surface area contributed by atoms with Crippen LogP contribution in [0.4, 0.5) is 5.69 Å². The van der Waals surface area contributed by atoms with Gasteiger partial charge < -0.3 is 4.90 Å². The molecule has 1 amide bonds. The van der Waals surface area contributed by atoms with Crippen LogP contribution in [0.5, 0.6) is 0 Å². The highest BCUT2D eigenvalue weighted by molar-refractivity contribution is 9.13. The van der Waals surface area contributed by atoms with Gasteiger partial charge in [0.2, 0.25) is 5.91 Å². The van der Waals surface area contributed by atoms with E-state index in [-0.39, 0.29) is 11.8 Å². The van der Waals surface area contributed by atoms with Crippen LogP contribution in [0.15, 0.2) is 27.1 Å². The van der Waals surface area contributed by atoms with E-state index in [1.165, 1.54) is 0 Å². The third-order valence-corrected chi connectivity index (χ3v) is 4.46. The van der Waals surface area contributed by atoms with E-state index >= 15 is 0 Å². The smallest absolute Gasteiger partial charge is 0.228 e. The molecule has 1 heterocycles. The lowest BCUT2D eigenvalue weighted by atomic mass is 10.1. The summed E-state index contributed by atoms with van der Waals surface area (Å²) in [6, 6.07) is 5.74. The maximum absolute atomic E-state index is 11.7. The molecule has 1 aromatic carbocycles. The molecule has 1 aliphatic rings. The molecule has 1 atom stereocenters. The third-order valence-electron chi connectivity index (χ3n) is 2.58. The molecule has 0 spiro atoms. The molecule has 1 fully saturated rings. The van der Waals surface area contributed by atoms with Gasteiger partial charge in [-0.3, -0.25) is 4.79 Å². The molecule has 0 saturated carbocycles. The number of hydrogen-bond acceptors (Lipinski definition) is 1. The van der Waals surface area contributed by atoms with E-state index in [4.69, 9.17) is 6.42 Å². The Hall–Kier alpha value is -0.790. The van der Waals surface area contributed by atoms with Crippen LogP contribution in [0.25, 0.3) is 0 Å². The highest BCUT2D eigenvalue weighted by Gasteiger charge is 2.29. The zero-order chi connectivity index (χ0) is 11.7. The number of carbonyl (C=O) groups excluding carboxylic acids is 1. The quantitative estimate of drug-likeness (QED) is 0.718. The maximum Gasteiger partial charge on any atom is 0.228 e. The van der Waals surface area contributed by atoms with Gasteiger partial charge in [-0.05, 0) is 50.1 Å². The van der Waals surface area contributed by atoms with Crippen molar-refractivity contribution in [3.05, 3.63) is 27.1 Å². The lowest BCUT2D eigenvalue weighted by Crippen LogP contribution is -2.24. The molecule has 82 valence electrons. The molecule has 4 heteroatoms. The van der Waals surface area contributed by atoms with Crippen molar-refractivity contribution in [2.24, 2.45) is 5.92 Å². The van der Waals surface area contributed by atoms with Gasteiger partial charge in [-0.2, -0.15) is 0 Å². The Morgan fingerprint density at radius 2 is 2.12 bits per heavy atom. The highest BCUT2D eigenvalue weighted by atomic mass is 79.9. The van der Waals surface area contributed by atoms with Crippen LogP contribution in [0, 0.1) is 18.3 Å². The summed E-state index contributed by atoms with van der Waals surface area (Å²) in [4.78, 5) is 13.5. The molecule has 0 aliphatic carbocycles. The summed E-state index contributed by atoms with van der Waals surface area (Å²) < 4.78 is 1.90. The minimum absolute atomic E-state index is 0.0370. The monoisotopic (exact) mass is 341 g/mol. The molecule has 1 aromatic rings. The number of benzene rings is 1. The molecule has 0 N–H and O–H groups in total. The fourth-order valence-corrected chi connectivity index (χ4v) is 2.34. The van der Waals surface area contributed by atoms with Gasteiger partial charge in [0, 0.05) is 33.5 Å². The van der Waals surface area contributed by atoms with Gasteiger partial charge in [-0.15, -0.1) is 12.3 Å². The van der Waals surface area contributed by atoms with Gasteiger partial charge >= 0.3 is 0 Å². The Morgan fingerprint density at radius 3 is 2.69 bits per heavy atom. The van der Waals surface area contributed by atoms with Crippen molar-refractivity contribution in [1.29, 1.82) is 0 Å². The van der Waals surface area contributed by atoms with Gasteiger partial charge in [-0.25, -0.2) is 0 Å². The molecule has 0 aromatic heterocycles. The largest absolute Gasteiger partial charge is 0.311 e. The van der Waals surface area contributed by atoms with Crippen molar-refractivity contribution in [3.63, 3.8) is 0 Å². The second-order valence-electron chi connectivity index (χ2n) is 3.67. The first-order valence-corrected chi connectivity index (χ1v) is 6.42. The number of anilines is 1. The van der Waals surface area contributed by atoms with Gasteiger partial charge in [0.1, 0.15) is 0 Å². The number of amides is 1. The molecule has 16 heavy (non-hydrogen) atoms. The van der Waals surface area contributed by atoms with Crippen LogP contribution >= 0.6 is 31.9 Å². The van der Waals surface area contributed by atoms with Crippen LogP contribution in [-0.2, 0) is 4.79 Å². The van der Waals surface area contributed by atoms with E-state index in [1.807, 2.05) is 18.2 Å². The molecule has 2 rings (SSSR count). The summed E-state index contributed by atoms with van der Waals surface area (Å²) in [6.07, 6.45) is 5.79. The average Bonchev–Trinajstić information content (AvgIpc) is 2.64. The molecule has 0 radical (unpaired) electrons. The van der Waals surface area contributed by atoms with Crippen molar-refractivity contribution in [1.82, 2.24) is 0 Å². The zero-order valence-corrected chi connectivity index (χ0v) is 11.6. The number of nitrogens with zero attached hydrogens (tertiary/aromatic N) is 1. The Kier molecular flexibility index (Phi) is 3.36. The van der Waals surface area contributed by atoms with Crippen molar-refractivity contribution in [2.45, 2.75) is 6.42 Å². The van der Waals surface area contributed by atoms with Gasteiger partial charge in [0.15, 0.2) is 0 Å². The summed E-state index contributed by atoms with van der Waals surface area (Å²) in [7, 11) is 0. The van der Waals surface area contributed by atoms with Crippen molar-refractivity contribution in [3.8, 4) is 12.3 Å². The molecular formula is C12H9Br2NO. The average molecular weight is 343 g/mol. The predicted molar refractivity (Wildman–Crippen MR) is 71.1 cm³/mol. The van der Waals surface area contributed by atoms with E-state index in [2.05, 4.69) is 37.8 Å². The third kappa shape index (κ3) is 2.16. The zero-order valence-electron chi connectivity index (χ0n) is 8.41. The first-order valence-electron chi connectivity index (χ1n) is 4.83. The fraction of sp³-hybridized carbons (Fsp3) is 0.250. The first kappa shape index (κ1) is 11.7. The molecule has 1 unspecified atom stereocenters. The molecule has 1 saturated heterocycles. The first-order chi connectivity index (χ1) is 7.61. The number of hydrogen-bond donors (Lipinski definition) is 0. The van der Waals surface area contributed by atoms with Gasteiger partial charge in [0.25, 0.3) is 0 Å². The molecule has 2 nitrogen and oxygen atoms in total. The number of halogens is 2. The van der Waals surface area contributed by atoms with Gasteiger partial charge in [-0.1, -0.05) is 0 Å². The minimum Gasteiger partial charge on any atom is -0.311 e. The molecular weight excluding hydrogens is 334 g/mol. The Labute approximate surface area is 111 Å². The number of terminal acetylenes is 1. The van der Waals surface area contributed by atoms with Crippen molar-refractivity contribution < 1.29 is 4.79 Å². The van der Waals surface area contributed by atoms with E-state index in [0.717, 1.165) is 14.6 Å². The highest BCUT2D eigenvalue weighted by Crippen LogP contribution is 2.31. The van der Waals surface area contributed by atoms with Crippen molar-refractivity contribution >= 4 is 43.5 Å². The molecule has 0 bridgehead atoms. The summed E-state index contributed by atoms with van der Waals surface area (Å²) in [5.41, 5.74) is 0.887. The summed E-state index contributed by atoms with van der Waals surface area (Å²) in [5.74, 6) is 2.77. The fourth-order valence-electron chi connectivity index (χ4n) is 1.72. The summed E-state index contributed by atoms with van der Waals surface area (Å²) in [6.45, 7) is 0.614. The van der Waals surface area contributed by atoms with Crippen LogP contribution < -0.4 is 4.90 Å². The number of rotatable bonds is 1. The predicted octanol–water partition coefficient (Wildman–Crippen LogP) is 3.20. The van der Waals surface area contributed by atoms with E-state index in [1.54, 1.807) is 4.90 Å². The minimum atomic E-state index is 0.0370. The van der Waals surface area contributed by atoms with Gasteiger partial charge in [0.05, 0.1) is 0 Å². The summed E-state index contributed by atoms with van der Waals surface area (Å²) in [5, 5.41) is 0. The standard InChI is InChI=1S/C12H9Br2NO/c1-2-8-5-12(16)15(7-8)9-3-4-10(13)11(14)6-9/h1,3-4,6,8H,5,7H2. The lowest BCUT2D eigenvalue weighted by Gasteiger charge is -2.16. The van der Waals surface area contributed by atoms with E-state index < -0.39 is 0 Å². The molecule has 1 aliphatic heterocycles. The van der Waals surface area contributed by atoms with Crippen LogP contribution in [0.2, 0.25) is 0 Å². The second-order valence-corrected chi connectivity index (χ2v) is 5.38. The Bertz CT molecular complexity index is 478. The maximum atomic E-state index is 11.7. The van der Waals surface area contributed by atoms with Crippen LogP contribution in [0.1, 0.15) is 6.42 Å². The topological polar surface area (TPSA) is 20.3 Å². The van der Waals surface area contributed by atoms with Crippen molar-refractivity contribution in [2.75, 3.05) is 11.4 Å². The van der Waals surface area contributed by atoms with E-state index in [0.29, 0.717) is 13.0 Å². The lowest BCUT2D eigenvalue weighted by molar-refractivity contribution is -0.117.